The zero-order chi connectivity index (χ0) is 10.8. The van der Waals surface area contributed by atoms with Crippen LogP contribution in [0.25, 0.3) is 0 Å². The van der Waals surface area contributed by atoms with Gasteiger partial charge in [-0.15, -0.1) is 0 Å². The highest BCUT2D eigenvalue weighted by Crippen LogP contribution is 2.23. The number of nitrogens with two attached hydrogens (primary N) is 1. The van der Waals surface area contributed by atoms with E-state index in [1.165, 1.54) is 0 Å². The minimum atomic E-state index is -0.926. The van der Waals surface area contributed by atoms with Gasteiger partial charge in [-0.2, -0.15) is 0 Å². The molecule has 0 amide bonds. The Morgan fingerprint density at radius 1 is 1.33 bits per heavy atom. The van der Waals surface area contributed by atoms with Gasteiger partial charge in [-0.25, -0.2) is 9.97 Å². The van der Waals surface area contributed by atoms with Crippen LogP contribution in [0.1, 0.15) is 29.9 Å². The van der Waals surface area contributed by atoms with Crippen LogP contribution in [0.15, 0.2) is 0 Å². The van der Waals surface area contributed by atoms with E-state index in [0.717, 1.165) is 36.9 Å². The molecular formula is C10H13N3O2. The third-order valence-electron chi connectivity index (χ3n) is 2.57. The average molecular weight is 207 g/mol. The smallest absolute Gasteiger partial charge is 0.311 e. The largest absolute Gasteiger partial charge is 0.481 e. The van der Waals surface area contributed by atoms with Crippen molar-refractivity contribution in [1.82, 2.24) is 9.97 Å². The van der Waals surface area contributed by atoms with Gasteiger partial charge in [0.15, 0.2) is 0 Å². The van der Waals surface area contributed by atoms with Crippen LogP contribution in [0.3, 0.4) is 0 Å². The quantitative estimate of drug-likeness (QED) is 0.739. The van der Waals surface area contributed by atoms with Crippen LogP contribution in [-0.2, 0) is 24.1 Å². The van der Waals surface area contributed by atoms with Gasteiger partial charge in [0.2, 0.25) is 0 Å². The summed E-state index contributed by atoms with van der Waals surface area (Å²) in [6.07, 6.45) is 3.84. The number of hydrogen-bond acceptors (Lipinski definition) is 4. The highest BCUT2D eigenvalue weighted by atomic mass is 16.4. The number of hydrogen-bond donors (Lipinski definition) is 2. The summed E-state index contributed by atoms with van der Waals surface area (Å²) in [7, 11) is 0. The molecule has 1 aliphatic rings. The molecule has 1 aromatic rings. The van der Waals surface area contributed by atoms with E-state index < -0.39 is 5.97 Å². The number of fused-ring (bicyclic) bond motifs is 1. The lowest BCUT2D eigenvalue weighted by Gasteiger charge is -2.16. The number of carboxylic acid groups (broad SMARTS) is 1. The molecule has 1 aromatic heterocycles. The molecule has 0 aliphatic heterocycles. The minimum absolute atomic E-state index is 0.155. The lowest BCUT2D eigenvalue weighted by molar-refractivity contribution is -0.136. The zero-order valence-corrected chi connectivity index (χ0v) is 8.36. The summed E-state index contributed by atoms with van der Waals surface area (Å²) in [5.41, 5.74) is 7.72. The molecule has 5 nitrogen and oxygen atoms in total. The molecule has 80 valence electrons. The molecule has 0 spiro atoms. The molecule has 0 aromatic carbocycles. The fourth-order valence-corrected chi connectivity index (χ4v) is 1.89. The molecule has 0 fully saturated rings. The molecule has 15 heavy (non-hydrogen) atoms. The van der Waals surface area contributed by atoms with Crippen LogP contribution in [0.4, 0.5) is 5.82 Å². The van der Waals surface area contributed by atoms with E-state index in [4.69, 9.17) is 10.8 Å². The molecule has 0 saturated carbocycles. The van der Waals surface area contributed by atoms with Crippen LogP contribution in [0, 0.1) is 0 Å². The first-order chi connectivity index (χ1) is 7.16. The third-order valence-corrected chi connectivity index (χ3v) is 2.57. The standard InChI is InChI=1S/C10H13N3O2/c11-10-6-3-1-2-4-7(6)12-8(13-10)5-9(14)15/h1-5H2,(H,14,15)(H2,11,12,13). The van der Waals surface area contributed by atoms with Gasteiger partial charge in [0, 0.05) is 11.3 Å². The van der Waals surface area contributed by atoms with Crippen molar-refractivity contribution < 1.29 is 9.90 Å². The Bertz CT molecular complexity index is 404. The Kier molecular flexibility index (Phi) is 2.53. The van der Waals surface area contributed by atoms with Crippen LogP contribution >= 0.6 is 0 Å². The molecule has 0 saturated heterocycles. The van der Waals surface area contributed by atoms with Gasteiger partial charge in [-0.1, -0.05) is 0 Å². The number of rotatable bonds is 2. The van der Waals surface area contributed by atoms with Gasteiger partial charge in [-0.3, -0.25) is 4.79 Å². The molecule has 3 N–H and O–H groups in total. The number of nitrogens with zero attached hydrogens (tertiary/aromatic N) is 2. The van der Waals surface area contributed by atoms with E-state index in [2.05, 4.69) is 9.97 Å². The zero-order valence-electron chi connectivity index (χ0n) is 8.36. The highest BCUT2D eigenvalue weighted by molar-refractivity contribution is 5.69. The summed E-state index contributed by atoms with van der Waals surface area (Å²) in [4.78, 5) is 18.8. The van der Waals surface area contributed by atoms with Crippen molar-refractivity contribution in [2.45, 2.75) is 32.1 Å². The summed E-state index contributed by atoms with van der Waals surface area (Å²) >= 11 is 0. The number of carboxylic acids is 1. The molecule has 1 heterocycles. The Balaban J connectivity index is 2.36. The van der Waals surface area contributed by atoms with Crippen LogP contribution in [0.2, 0.25) is 0 Å². The fourth-order valence-electron chi connectivity index (χ4n) is 1.89. The summed E-state index contributed by atoms with van der Waals surface area (Å²) in [5, 5.41) is 8.64. The number of nitrogen functional groups attached to an aromatic ring is 1. The van der Waals surface area contributed by atoms with Crippen LogP contribution in [-0.4, -0.2) is 21.0 Å². The molecule has 5 heteroatoms. The number of aliphatic carboxylic acids is 1. The first-order valence-corrected chi connectivity index (χ1v) is 5.03. The summed E-state index contributed by atoms with van der Waals surface area (Å²) in [6, 6.07) is 0. The molecule has 0 bridgehead atoms. The molecule has 0 atom stereocenters. The van der Waals surface area contributed by atoms with Crippen molar-refractivity contribution in [3.63, 3.8) is 0 Å². The number of anilines is 1. The summed E-state index contributed by atoms with van der Waals surface area (Å²) in [6.45, 7) is 0. The van der Waals surface area contributed by atoms with Crippen molar-refractivity contribution in [1.29, 1.82) is 0 Å². The maximum Gasteiger partial charge on any atom is 0.311 e. The normalized spacial score (nSPS) is 14.7. The first kappa shape index (κ1) is 9.89. The van der Waals surface area contributed by atoms with E-state index in [1.54, 1.807) is 0 Å². The predicted octanol–water partition coefficient (Wildman–Crippen LogP) is 0.565. The highest BCUT2D eigenvalue weighted by Gasteiger charge is 2.16. The third kappa shape index (κ3) is 2.06. The lowest BCUT2D eigenvalue weighted by atomic mass is 9.96. The Labute approximate surface area is 87.4 Å². The second-order valence-electron chi connectivity index (χ2n) is 3.73. The van der Waals surface area contributed by atoms with Crippen molar-refractivity contribution >= 4 is 11.8 Å². The monoisotopic (exact) mass is 207 g/mol. The van der Waals surface area contributed by atoms with Gasteiger partial charge >= 0.3 is 5.97 Å². The Morgan fingerprint density at radius 3 is 2.80 bits per heavy atom. The van der Waals surface area contributed by atoms with E-state index in [9.17, 15) is 4.79 Å². The second-order valence-corrected chi connectivity index (χ2v) is 3.73. The molecule has 2 rings (SSSR count). The summed E-state index contributed by atoms with van der Waals surface area (Å²) in [5.74, 6) is -0.151. The number of aryl methyl sites for hydroxylation is 1. The van der Waals surface area contributed by atoms with E-state index in [0.29, 0.717) is 11.6 Å². The number of aromatic nitrogens is 2. The molecular weight excluding hydrogens is 194 g/mol. The van der Waals surface area contributed by atoms with E-state index >= 15 is 0 Å². The van der Waals surface area contributed by atoms with Crippen molar-refractivity contribution in [2.75, 3.05) is 5.73 Å². The lowest BCUT2D eigenvalue weighted by Crippen LogP contribution is -2.15. The van der Waals surface area contributed by atoms with Gasteiger partial charge in [0.25, 0.3) is 0 Å². The Morgan fingerprint density at radius 2 is 2.07 bits per heavy atom. The molecule has 0 unspecified atom stereocenters. The minimum Gasteiger partial charge on any atom is -0.481 e. The van der Waals surface area contributed by atoms with Crippen LogP contribution in [0.5, 0.6) is 0 Å². The first-order valence-electron chi connectivity index (χ1n) is 5.03. The maximum absolute atomic E-state index is 10.5. The fraction of sp³-hybridized carbons (Fsp3) is 0.500. The SMILES string of the molecule is Nc1nc(CC(=O)O)nc2c1CCCC2. The molecule has 0 radical (unpaired) electrons. The van der Waals surface area contributed by atoms with Crippen molar-refractivity contribution in [3.8, 4) is 0 Å². The Hall–Kier alpha value is -1.65. The molecule has 1 aliphatic carbocycles. The topological polar surface area (TPSA) is 89.1 Å². The van der Waals surface area contributed by atoms with Crippen LogP contribution < -0.4 is 5.73 Å². The van der Waals surface area contributed by atoms with Gasteiger partial charge in [0.05, 0.1) is 0 Å². The maximum atomic E-state index is 10.5. The summed E-state index contributed by atoms with van der Waals surface area (Å²) < 4.78 is 0. The van der Waals surface area contributed by atoms with Gasteiger partial charge < -0.3 is 10.8 Å². The van der Waals surface area contributed by atoms with Gasteiger partial charge in [0.1, 0.15) is 18.1 Å². The average Bonchev–Trinajstić information content (AvgIpc) is 2.16. The van der Waals surface area contributed by atoms with Crippen molar-refractivity contribution in [2.24, 2.45) is 0 Å². The van der Waals surface area contributed by atoms with E-state index in [1.807, 2.05) is 0 Å². The second kappa shape index (κ2) is 3.84. The predicted molar refractivity (Wildman–Crippen MR) is 54.4 cm³/mol. The number of carbonyl (C=O) groups is 1. The van der Waals surface area contributed by atoms with E-state index in [-0.39, 0.29) is 6.42 Å². The van der Waals surface area contributed by atoms with Crippen molar-refractivity contribution in [3.05, 3.63) is 17.1 Å². The van der Waals surface area contributed by atoms with Gasteiger partial charge in [-0.05, 0) is 25.7 Å².